The Morgan fingerprint density at radius 2 is 1.81 bits per heavy atom. The van der Waals surface area contributed by atoms with Gasteiger partial charge in [0, 0.05) is 11.6 Å². The molecule has 2 aromatic carbocycles. The summed E-state index contributed by atoms with van der Waals surface area (Å²) in [4.78, 5) is 0. The van der Waals surface area contributed by atoms with Crippen molar-refractivity contribution in [3.05, 3.63) is 65.0 Å². The van der Waals surface area contributed by atoms with E-state index < -0.39 is 0 Å². The third-order valence-corrected chi connectivity index (χ3v) is 4.39. The van der Waals surface area contributed by atoms with E-state index in [-0.39, 0.29) is 11.9 Å². The zero-order valence-electron chi connectivity index (χ0n) is 12.4. The Morgan fingerprint density at radius 3 is 2.38 bits per heavy atom. The van der Waals surface area contributed by atoms with E-state index in [9.17, 15) is 4.39 Å². The molecule has 0 spiro atoms. The molecule has 21 heavy (non-hydrogen) atoms. The van der Waals surface area contributed by atoms with Crippen LogP contribution in [-0.2, 0) is 12.8 Å². The third kappa shape index (κ3) is 2.66. The summed E-state index contributed by atoms with van der Waals surface area (Å²) in [5, 5.41) is 3.35. The second-order valence-electron chi connectivity index (χ2n) is 5.59. The Balaban J connectivity index is 1.92. The molecule has 0 heterocycles. The van der Waals surface area contributed by atoms with E-state index in [1.165, 1.54) is 17.2 Å². The highest BCUT2D eigenvalue weighted by Crippen LogP contribution is 2.38. The molecule has 3 heteroatoms. The molecule has 1 unspecified atom stereocenters. The number of hydrogen-bond acceptors (Lipinski definition) is 2. The van der Waals surface area contributed by atoms with E-state index in [2.05, 4.69) is 29.6 Å². The Hall–Kier alpha value is -1.87. The van der Waals surface area contributed by atoms with Crippen molar-refractivity contribution in [2.75, 3.05) is 14.2 Å². The summed E-state index contributed by atoms with van der Waals surface area (Å²) < 4.78 is 19.1. The van der Waals surface area contributed by atoms with Crippen molar-refractivity contribution in [2.45, 2.75) is 18.9 Å². The van der Waals surface area contributed by atoms with Gasteiger partial charge in [-0.25, -0.2) is 4.39 Å². The van der Waals surface area contributed by atoms with Crippen molar-refractivity contribution in [2.24, 2.45) is 5.92 Å². The minimum absolute atomic E-state index is 0.0862. The maximum Gasteiger partial charge on any atom is 0.123 e. The molecule has 0 bridgehead atoms. The summed E-state index contributed by atoms with van der Waals surface area (Å²) in [7, 11) is 3.56. The number of ether oxygens (including phenoxy) is 1. The summed E-state index contributed by atoms with van der Waals surface area (Å²) in [6, 6.07) is 13.4. The van der Waals surface area contributed by atoms with Gasteiger partial charge in [-0.2, -0.15) is 0 Å². The largest absolute Gasteiger partial charge is 0.496 e. The molecule has 1 aliphatic rings. The van der Waals surface area contributed by atoms with Crippen LogP contribution in [0.5, 0.6) is 5.75 Å². The minimum Gasteiger partial charge on any atom is -0.496 e. The third-order valence-electron chi connectivity index (χ3n) is 4.39. The lowest BCUT2D eigenvalue weighted by Gasteiger charge is -2.25. The topological polar surface area (TPSA) is 21.3 Å². The smallest absolute Gasteiger partial charge is 0.123 e. The molecular formula is C18H20FNO. The van der Waals surface area contributed by atoms with Gasteiger partial charge in [0.25, 0.3) is 0 Å². The van der Waals surface area contributed by atoms with Gasteiger partial charge in [0.1, 0.15) is 11.6 Å². The molecule has 1 aliphatic carbocycles. The lowest BCUT2D eigenvalue weighted by molar-refractivity contribution is 0.361. The van der Waals surface area contributed by atoms with Crippen LogP contribution in [0.2, 0.25) is 0 Å². The molecule has 0 aliphatic heterocycles. The predicted molar refractivity (Wildman–Crippen MR) is 82.1 cm³/mol. The van der Waals surface area contributed by atoms with Gasteiger partial charge in [0.2, 0.25) is 0 Å². The second kappa shape index (κ2) is 5.86. The molecule has 1 N–H and O–H groups in total. The normalized spacial score (nSPS) is 15.8. The van der Waals surface area contributed by atoms with Gasteiger partial charge in [-0.1, -0.05) is 24.3 Å². The van der Waals surface area contributed by atoms with E-state index in [1.807, 2.05) is 7.05 Å². The zero-order chi connectivity index (χ0) is 14.8. The molecule has 110 valence electrons. The lowest BCUT2D eigenvalue weighted by Crippen LogP contribution is -2.26. The number of hydrogen-bond donors (Lipinski definition) is 1. The minimum atomic E-state index is -0.221. The van der Waals surface area contributed by atoms with Crippen LogP contribution in [0.3, 0.4) is 0 Å². The fourth-order valence-corrected chi connectivity index (χ4v) is 3.42. The van der Waals surface area contributed by atoms with Gasteiger partial charge < -0.3 is 10.1 Å². The number of fused-ring (bicyclic) bond motifs is 1. The van der Waals surface area contributed by atoms with Crippen LogP contribution in [0.15, 0.2) is 42.5 Å². The van der Waals surface area contributed by atoms with Crippen LogP contribution >= 0.6 is 0 Å². The molecule has 0 saturated carbocycles. The molecular weight excluding hydrogens is 265 g/mol. The van der Waals surface area contributed by atoms with Crippen molar-refractivity contribution in [3.8, 4) is 5.75 Å². The first-order valence-electron chi connectivity index (χ1n) is 7.30. The van der Waals surface area contributed by atoms with Crippen LogP contribution in [0.25, 0.3) is 0 Å². The molecule has 0 fully saturated rings. The fourth-order valence-electron chi connectivity index (χ4n) is 3.42. The molecule has 0 amide bonds. The Bertz CT molecular complexity index is 616. The highest BCUT2D eigenvalue weighted by atomic mass is 19.1. The monoisotopic (exact) mass is 285 g/mol. The predicted octanol–water partition coefficient (Wildman–Crippen LogP) is 3.51. The highest BCUT2D eigenvalue weighted by Gasteiger charge is 2.30. The van der Waals surface area contributed by atoms with E-state index in [0.717, 1.165) is 24.2 Å². The van der Waals surface area contributed by atoms with Crippen LogP contribution in [0.1, 0.15) is 22.7 Å². The van der Waals surface area contributed by atoms with Crippen LogP contribution in [0, 0.1) is 11.7 Å². The van der Waals surface area contributed by atoms with E-state index in [1.54, 1.807) is 19.2 Å². The highest BCUT2D eigenvalue weighted by molar-refractivity contribution is 5.39. The molecule has 2 aromatic rings. The first-order chi connectivity index (χ1) is 10.2. The van der Waals surface area contributed by atoms with E-state index in [0.29, 0.717) is 5.92 Å². The lowest BCUT2D eigenvalue weighted by atomic mass is 9.90. The molecule has 1 atom stereocenters. The maximum absolute atomic E-state index is 13.6. The van der Waals surface area contributed by atoms with Gasteiger partial charge in [0.15, 0.2) is 0 Å². The Kier molecular flexibility index (Phi) is 3.93. The summed E-state index contributed by atoms with van der Waals surface area (Å²) in [6.07, 6.45) is 2.03. The van der Waals surface area contributed by atoms with Crippen LogP contribution in [-0.4, -0.2) is 14.2 Å². The van der Waals surface area contributed by atoms with Crippen LogP contribution in [0.4, 0.5) is 4.39 Å². The van der Waals surface area contributed by atoms with Gasteiger partial charge in [-0.05, 0) is 55.1 Å². The van der Waals surface area contributed by atoms with Crippen molar-refractivity contribution in [3.63, 3.8) is 0 Å². The van der Waals surface area contributed by atoms with Crippen molar-refractivity contribution in [1.29, 1.82) is 0 Å². The SMILES string of the molecule is CNC(c1cc(F)ccc1OC)C1Cc2ccccc2C1. The van der Waals surface area contributed by atoms with Gasteiger partial charge in [-0.3, -0.25) is 0 Å². The van der Waals surface area contributed by atoms with Crippen molar-refractivity contribution < 1.29 is 9.13 Å². The van der Waals surface area contributed by atoms with E-state index >= 15 is 0 Å². The van der Waals surface area contributed by atoms with Gasteiger partial charge >= 0.3 is 0 Å². The van der Waals surface area contributed by atoms with Gasteiger partial charge in [0.05, 0.1) is 7.11 Å². The van der Waals surface area contributed by atoms with Crippen molar-refractivity contribution >= 4 is 0 Å². The summed E-state index contributed by atoms with van der Waals surface area (Å²) in [6.45, 7) is 0. The first kappa shape index (κ1) is 14.1. The van der Waals surface area contributed by atoms with Crippen LogP contribution < -0.4 is 10.1 Å². The standard InChI is InChI=1S/C18H20FNO/c1-20-18(16-11-15(19)7-8-17(16)21-2)14-9-12-5-3-4-6-13(12)10-14/h3-8,11,14,18,20H,9-10H2,1-2H3. The molecule has 0 radical (unpaired) electrons. The number of methoxy groups -OCH3 is 1. The maximum atomic E-state index is 13.6. The number of benzene rings is 2. The Labute approximate surface area is 125 Å². The van der Waals surface area contributed by atoms with E-state index in [4.69, 9.17) is 4.74 Å². The summed E-state index contributed by atoms with van der Waals surface area (Å²) in [5.41, 5.74) is 3.70. The molecule has 0 saturated heterocycles. The zero-order valence-corrected chi connectivity index (χ0v) is 12.4. The quantitative estimate of drug-likeness (QED) is 0.928. The summed E-state index contributed by atoms with van der Waals surface area (Å²) >= 11 is 0. The fraction of sp³-hybridized carbons (Fsp3) is 0.333. The number of halogens is 1. The second-order valence-corrected chi connectivity index (χ2v) is 5.59. The Morgan fingerprint density at radius 1 is 1.14 bits per heavy atom. The molecule has 2 nitrogen and oxygen atoms in total. The van der Waals surface area contributed by atoms with Crippen molar-refractivity contribution in [1.82, 2.24) is 5.32 Å². The number of nitrogens with one attached hydrogen (secondary N) is 1. The first-order valence-corrected chi connectivity index (χ1v) is 7.30. The van der Waals surface area contributed by atoms with Gasteiger partial charge in [-0.15, -0.1) is 0 Å². The average Bonchev–Trinajstić information content (AvgIpc) is 2.92. The number of rotatable bonds is 4. The molecule has 3 rings (SSSR count). The summed E-state index contributed by atoms with van der Waals surface area (Å²) in [5.74, 6) is 0.941. The molecule has 0 aromatic heterocycles. The average molecular weight is 285 g/mol.